The number of nitrogens with one attached hydrogen (secondary N) is 2. The molecule has 0 saturated carbocycles. The number of sulfonamides is 1. The van der Waals surface area contributed by atoms with E-state index < -0.39 is 27.4 Å². The predicted octanol–water partition coefficient (Wildman–Crippen LogP) is 3.42. The zero-order chi connectivity index (χ0) is 25.9. The lowest BCUT2D eigenvalue weighted by Crippen LogP contribution is -2.32. The van der Waals surface area contributed by atoms with E-state index in [9.17, 15) is 22.4 Å². The molecule has 2 N–H and O–H groups in total. The predicted molar refractivity (Wildman–Crippen MR) is 135 cm³/mol. The minimum atomic E-state index is -4.02. The number of nitrogens with zero attached hydrogens (tertiary/aromatic N) is 3. The van der Waals surface area contributed by atoms with E-state index in [0.29, 0.717) is 22.2 Å². The Labute approximate surface area is 206 Å². The molecule has 0 bridgehead atoms. The molecule has 1 aromatic heterocycles. The molecular formula is C25H22FN5O4S. The lowest BCUT2D eigenvalue weighted by Gasteiger charge is -2.17. The minimum absolute atomic E-state index is 0.0343. The molecule has 0 spiro atoms. The smallest absolute Gasteiger partial charge is 0.282 e. The van der Waals surface area contributed by atoms with Crippen LogP contribution >= 0.6 is 0 Å². The van der Waals surface area contributed by atoms with Crippen LogP contribution in [0.5, 0.6) is 0 Å². The molecule has 0 aliphatic heterocycles. The van der Waals surface area contributed by atoms with Gasteiger partial charge >= 0.3 is 0 Å². The number of carbonyl (C=O) groups excluding carboxylic acids is 1. The number of halogens is 1. The summed E-state index contributed by atoms with van der Waals surface area (Å²) in [5.41, 5.74) is 0.890. The number of carbonyl (C=O) groups is 1. The molecule has 1 amide bonds. The van der Waals surface area contributed by atoms with Crippen molar-refractivity contribution in [2.24, 2.45) is 5.10 Å². The highest BCUT2D eigenvalue weighted by Crippen LogP contribution is 2.19. The third-order valence-corrected chi connectivity index (χ3v) is 6.73. The van der Waals surface area contributed by atoms with E-state index in [0.717, 1.165) is 4.68 Å². The van der Waals surface area contributed by atoms with Gasteiger partial charge in [0, 0.05) is 12.6 Å². The van der Waals surface area contributed by atoms with Crippen LogP contribution in [0.15, 0.2) is 87.6 Å². The van der Waals surface area contributed by atoms with Gasteiger partial charge in [-0.25, -0.2) is 22.5 Å². The topological polar surface area (TPSA) is 123 Å². The summed E-state index contributed by atoms with van der Waals surface area (Å²) in [5.74, 6) is -0.625. The first kappa shape index (κ1) is 24.9. The molecule has 4 rings (SSSR count). The zero-order valence-electron chi connectivity index (χ0n) is 19.3. The second kappa shape index (κ2) is 10.2. The number of aromatic nitrogens is 2. The monoisotopic (exact) mass is 507 g/mol. The number of anilines is 1. The molecule has 1 unspecified atom stereocenters. The van der Waals surface area contributed by atoms with Crippen LogP contribution in [-0.4, -0.2) is 30.2 Å². The van der Waals surface area contributed by atoms with Crippen LogP contribution in [-0.2, 0) is 14.8 Å². The van der Waals surface area contributed by atoms with Gasteiger partial charge in [0.05, 0.1) is 28.1 Å². The Morgan fingerprint density at radius 3 is 2.39 bits per heavy atom. The quantitative estimate of drug-likeness (QED) is 0.371. The van der Waals surface area contributed by atoms with E-state index in [1.807, 2.05) is 0 Å². The molecular weight excluding hydrogens is 485 g/mol. The zero-order valence-corrected chi connectivity index (χ0v) is 20.2. The Balaban J connectivity index is 1.71. The average molecular weight is 508 g/mol. The largest absolute Gasteiger partial charge is 0.326 e. The first-order valence-corrected chi connectivity index (χ1v) is 12.3. The molecule has 0 saturated heterocycles. The Morgan fingerprint density at radius 1 is 1.06 bits per heavy atom. The van der Waals surface area contributed by atoms with Crippen molar-refractivity contribution in [2.75, 3.05) is 5.32 Å². The van der Waals surface area contributed by atoms with E-state index in [1.54, 1.807) is 31.2 Å². The summed E-state index contributed by atoms with van der Waals surface area (Å²) in [6, 6.07) is 16.9. The third-order valence-electron chi connectivity index (χ3n) is 5.18. The van der Waals surface area contributed by atoms with Crippen molar-refractivity contribution in [3.63, 3.8) is 0 Å². The van der Waals surface area contributed by atoms with E-state index in [4.69, 9.17) is 0 Å². The maximum absolute atomic E-state index is 13.2. The Morgan fingerprint density at radius 2 is 1.72 bits per heavy atom. The maximum atomic E-state index is 13.2. The number of hydrogen-bond donors (Lipinski definition) is 2. The lowest BCUT2D eigenvalue weighted by molar-refractivity contribution is -0.114. The molecule has 4 aromatic rings. The molecule has 3 aromatic carbocycles. The highest BCUT2D eigenvalue weighted by Gasteiger charge is 2.23. The summed E-state index contributed by atoms with van der Waals surface area (Å²) in [5, 5.41) is 7.12. The number of hydrogen-bond acceptors (Lipinski definition) is 6. The first-order valence-electron chi connectivity index (χ1n) is 10.9. The summed E-state index contributed by atoms with van der Waals surface area (Å²) in [6.07, 6.45) is 1.36. The molecule has 9 nitrogen and oxygen atoms in total. The van der Waals surface area contributed by atoms with Crippen LogP contribution in [0.1, 0.15) is 31.3 Å². The normalized spacial score (nSPS) is 12.6. The molecule has 0 fully saturated rings. The van der Waals surface area contributed by atoms with Crippen molar-refractivity contribution < 1.29 is 17.6 Å². The van der Waals surface area contributed by atoms with Crippen LogP contribution in [0.2, 0.25) is 0 Å². The number of rotatable bonds is 7. The molecule has 0 radical (unpaired) electrons. The second-order valence-corrected chi connectivity index (χ2v) is 9.66. The van der Waals surface area contributed by atoms with Crippen molar-refractivity contribution >= 4 is 38.7 Å². The molecule has 11 heteroatoms. The van der Waals surface area contributed by atoms with Crippen LogP contribution in [0.4, 0.5) is 10.1 Å². The Hall–Kier alpha value is -4.22. The minimum Gasteiger partial charge on any atom is -0.326 e. The Bertz CT molecular complexity index is 1620. The SMILES string of the molecule is CC(=O)Nc1ccc(S(=O)(=O)NC(C)c2nc3ccccc3c(=O)n2/N=C/c2ccc(F)cc2)cc1. The van der Waals surface area contributed by atoms with Crippen molar-refractivity contribution in [3.05, 3.63) is 100 Å². The third kappa shape index (κ3) is 5.53. The van der Waals surface area contributed by atoms with Crippen molar-refractivity contribution in [3.8, 4) is 0 Å². The lowest BCUT2D eigenvalue weighted by atomic mass is 10.2. The van der Waals surface area contributed by atoms with E-state index in [1.165, 1.54) is 61.7 Å². The Kier molecular flexibility index (Phi) is 7.04. The van der Waals surface area contributed by atoms with Crippen molar-refractivity contribution in [2.45, 2.75) is 24.8 Å². The number of fused-ring (bicyclic) bond motifs is 1. The van der Waals surface area contributed by atoms with Crippen LogP contribution in [0.3, 0.4) is 0 Å². The van der Waals surface area contributed by atoms with Crippen molar-refractivity contribution in [1.82, 2.24) is 14.4 Å². The summed E-state index contributed by atoms with van der Waals surface area (Å²) in [7, 11) is -4.02. The molecule has 184 valence electrons. The van der Waals surface area contributed by atoms with Crippen molar-refractivity contribution in [1.29, 1.82) is 0 Å². The summed E-state index contributed by atoms with van der Waals surface area (Å²) >= 11 is 0. The average Bonchev–Trinajstić information content (AvgIpc) is 2.84. The van der Waals surface area contributed by atoms with E-state index >= 15 is 0 Å². The van der Waals surface area contributed by atoms with Gasteiger partial charge in [0.1, 0.15) is 5.82 Å². The van der Waals surface area contributed by atoms with Gasteiger partial charge < -0.3 is 5.32 Å². The van der Waals surface area contributed by atoms with Crippen LogP contribution < -0.4 is 15.6 Å². The number of benzene rings is 3. The summed E-state index contributed by atoms with van der Waals surface area (Å²) < 4.78 is 42.9. The van der Waals surface area contributed by atoms with Gasteiger partial charge in [-0.1, -0.05) is 24.3 Å². The molecule has 36 heavy (non-hydrogen) atoms. The first-order chi connectivity index (χ1) is 17.1. The fourth-order valence-corrected chi connectivity index (χ4v) is 4.68. The van der Waals surface area contributed by atoms with Gasteiger partial charge in [-0.3, -0.25) is 9.59 Å². The van der Waals surface area contributed by atoms with E-state index in [-0.39, 0.29) is 16.6 Å². The van der Waals surface area contributed by atoms with Gasteiger partial charge in [-0.15, -0.1) is 0 Å². The summed E-state index contributed by atoms with van der Waals surface area (Å²) in [6.45, 7) is 2.90. The van der Waals surface area contributed by atoms with Gasteiger partial charge in [-0.05, 0) is 61.0 Å². The van der Waals surface area contributed by atoms with E-state index in [2.05, 4.69) is 20.1 Å². The maximum Gasteiger partial charge on any atom is 0.282 e. The van der Waals surface area contributed by atoms with Gasteiger partial charge in [0.2, 0.25) is 15.9 Å². The standard InChI is InChI=1S/C25H22FN5O4S/c1-16(30-36(34,35)21-13-11-20(12-14-21)28-17(2)32)24-29-23-6-4-3-5-22(23)25(33)31(24)27-15-18-7-9-19(26)10-8-18/h3-16,30H,1-2H3,(H,28,32)/b27-15+. The molecule has 1 heterocycles. The van der Waals surface area contributed by atoms with Crippen LogP contribution in [0.25, 0.3) is 10.9 Å². The summed E-state index contributed by atoms with van der Waals surface area (Å²) in [4.78, 5) is 28.9. The molecule has 0 aliphatic rings. The van der Waals surface area contributed by atoms with Gasteiger partial charge in [0.15, 0.2) is 5.82 Å². The second-order valence-electron chi connectivity index (χ2n) is 7.95. The molecule has 0 aliphatic carbocycles. The molecule has 1 atom stereocenters. The van der Waals surface area contributed by atoms with Gasteiger partial charge in [-0.2, -0.15) is 9.78 Å². The number of amides is 1. The highest BCUT2D eigenvalue weighted by atomic mass is 32.2. The number of para-hydroxylation sites is 1. The van der Waals surface area contributed by atoms with Crippen LogP contribution in [0, 0.1) is 5.82 Å². The fourth-order valence-electron chi connectivity index (χ4n) is 3.48. The fraction of sp³-hybridized carbons (Fsp3) is 0.120. The highest BCUT2D eigenvalue weighted by molar-refractivity contribution is 7.89. The van der Waals surface area contributed by atoms with Gasteiger partial charge in [0.25, 0.3) is 5.56 Å².